The van der Waals surface area contributed by atoms with Crippen LogP contribution in [0.25, 0.3) is 0 Å². The summed E-state index contributed by atoms with van der Waals surface area (Å²) in [5.74, 6) is -1.45. The normalized spacial score (nSPS) is 11.4. The molecule has 0 unspecified atom stereocenters. The lowest BCUT2D eigenvalue weighted by Gasteiger charge is -2.06. The number of phenols is 1. The van der Waals surface area contributed by atoms with Crippen molar-refractivity contribution in [2.24, 2.45) is 5.14 Å². The van der Waals surface area contributed by atoms with E-state index < -0.39 is 21.8 Å². The molecule has 78 valence electrons. The van der Waals surface area contributed by atoms with Gasteiger partial charge >= 0.3 is 0 Å². The summed E-state index contributed by atoms with van der Waals surface area (Å²) in [5.41, 5.74) is -0.279. The van der Waals surface area contributed by atoms with Crippen molar-refractivity contribution in [1.29, 1.82) is 0 Å². The standard InChI is InChI=1S/C6H6ClFN2O3S/c7-3-1-5(10-14(9,12)13)6(11)2-4(3)8/h1-2,10-11H,(H2,9,12,13). The van der Waals surface area contributed by atoms with Crippen molar-refractivity contribution in [2.45, 2.75) is 0 Å². The average Bonchev–Trinajstić information content (AvgIpc) is 1.97. The van der Waals surface area contributed by atoms with E-state index in [2.05, 4.69) is 5.14 Å². The van der Waals surface area contributed by atoms with Gasteiger partial charge in [-0.15, -0.1) is 0 Å². The number of hydrogen-bond acceptors (Lipinski definition) is 3. The Balaban J connectivity index is 3.17. The van der Waals surface area contributed by atoms with E-state index in [4.69, 9.17) is 16.7 Å². The molecule has 0 aliphatic heterocycles. The second-order valence-electron chi connectivity index (χ2n) is 2.43. The molecule has 8 heteroatoms. The summed E-state index contributed by atoms with van der Waals surface area (Å²) >= 11 is 5.35. The van der Waals surface area contributed by atoms with Crippen LogP contribution in [0.1, 0.15) is 0 Å². The highest BCUT2D eigenvalue weighted by molar-refractivity contribution is 7.90. The third kappa shape index (κ3) is 2.72. The minimum atomic E-state index is -4.02. The highest BCUT2D eigenvalue weighted by Gasteiger charge is 2.11. The van der Waals surface area contributed by atoms with Crippen LogP contribution in [0.15, 0.2) is 12.1 Å². The molecule has 1 aromatic carbocycles. The third-order valence-electron chi connectivity index (χ3n) is 1.29. The maximum Gasteiger partial charge on any atom is 0.296 e. The van der Waals surface area contributed by atoms with Crippen molar-refractivity contribution in [2.75, 3.05) is 4.72 Å². The number of rotatable bonds is 2. The van der Waals surface area contributed by atoms with E-state index in [1.54, 1.807) is 4.72 Å². The highest BCUT2D eigenvalue weighted by Crippen LogP contribution is 2.29. The first kappa shape index (κ1) is 11.0. The molecular weight excluding hydrogens is 235 g/mol. The molecule has 0 aromatic heterocycles. The Bertz CT molecular complexity index is 462. The van der Waals surface area contributed by atoms with Crippen LogP contribution in [-0.4, -0.2) is 13.5 Å². The van der Waals surface area contributed by atoms with E-state index in [0.717, 1.165) is 6.07 Å². The van der Waals surface area contributed by atoms with Crippen LogP contribution in [0.3, 0.4) is 0 Å². The summed E-state index contributed by atoms with van der Waals surface area (Å²) in [7, 11) is -4.02. The zero-order chi connectivity index (χ0) is 10.9. The molecule has 14 heavy (non-hydrogen) atoms. The maximum atomic E-state index is 12.7. The second-order valence-corrected chi connectivity index (χ2v) is 4.13. The third-order valence-corrected chi connectivity index (χ3v) is 2.08. The fourth-order valence-corrected chi connectivity index (χ4v) is 1.41. The zero-order valence-electron chi connectivity index (χ0n) is 6.66. The predicted octanol–water partition coefficient (Wildman–Crippen LogP) is 0.800. The number of halogens is 2. The van der Waals surface area contributed by atoms with Gasteiger partial charge in [0.1, 0.15) is 11.6 Å². The second kappa shape index (κ2) is 3.60. The SMILES string of the molecule is NS(=O)(=O)Nc1cc(Cl)c(F)cc1O. The van der Waals surface area contributed by atoms with Gasteiger partial charge in [-0.3, -0.25) is 4.72 Å². The Morgan fingerprint density at radius 1 is 1.50 bits per heavy atom. The summed E-state index contributed by atoms with van der Waals surface area (Å²) in [6.45, 7) is 0. The lowest BCUT2D eigenvalue weighted by molar-refractivity contribution is 0.471. The molecule has 0 saturated carbocycles. The molecule has 1 rings (SSSR count). The number of hydrogen-bond donors (Lipinski definition) is 3. The lowest BCUT2D eigenvalue weighted by Crippen LogP contribution is -2.21. The molecule has 0 saturated heterocycles. The van der Waals surface area contributed by atoms with Crippen molar-refractivity contribution < 1.29 is 17.9 Å². The van der Waals surface area contributed by atoms with E-state index >= 15 is 0 Å². The van der Waals surface area contributed by atoms with Crippen LogP contribution in [0, 0.1) is 5.82 Å². The molecule has 0 aliphatic carbocycles. The van der Waals surface area contributed by atoms with E-state index in [1.165, 1.54) is 0 Å². The summed E-state index contributed by atoms with van der Waals surface area (Å²) in [6, 6.07) is 1.59. The number of aromatic hydroxyl groups is 1. The van der Waals surface area contributed by atoms with E-state index in [0.29, 0.717) is 6.07 Å². The number of nitrogens with one attached hydrogen (secondary N) is 1. The number of benzene rings is 1. The summed E-state index contributed by atoms with van der Waals surface area (Å²) in [6.07, 6.45) is 0. The van der Waals surface area contributed by atoms with Crippen LogP contribution in [0.4, 0.5) is 10.1 Å². The monoisotopic (exact) mass is 240 g/mol. The van der Waals surface area contributed by atoms with Crippen LogP contribution < -0.4 is 9.86 Å². The van der Waals surface area contributed by atoms with Gasteiger partial charge in [0, 0.05) is 6.07 Å². The number of nitrogens with two attached hydrogens (primary N) is 1. The van der Waals surface area contributed by atoms with E-state index in [1.807, 2.05) is 0 Å². The van der Waals surface area contributed by atoms with Gasteiger partial charge in [0.15, 0.2) is 0 Å². The predicted molar refractivity (Wildman–Crippen MR) is 49.8 cm³/mol. The molecule has 0 atom stereocenters. The average molecular weight is 241 g/mol. The maximum absolute atomic E-state index is 12.7. The smallest absolute Gasteiger partial charge is 0.296 e. The minimum absolute atomic E-state index is 0.279. The number of phenolic OH excluding ortho intramolecular Hbond substituents is 1. The Morgan fingerprint density at radius 3 is 2.57 bits per heavy atom. The van der Waals surface area contributed by atoms with Crippen LogP contribution in [-0.2, 0) is 10.2 Å². The Kier molecular flexibility index (Phi) is 2.84. The fraction of sp³-hybridized carbons (Fsp3) is 0. The van der Waals surface area contributed by atoms with Crippen LogP contribution in [0.5, 0.6) is 5.75 Å². The molecule has 0 amide bonds. The zero-order valence-corrected chi connectivity index (χ0v) is 8.23. The topological polar surface area (TPSA) is 92.4 Å². The van der Waals surface area contributed by atoms with Crippen LogP contribution >= 0.6 is 11.6 Å². The molecule has 0 spiro atoms. The van der Waals surface area contributed by atoms with Gasteiger partial charge in [-0.2, -0.15) is 8.42 Å². The summed E-state index contributed by atoms with van der Waals surface area (Å²) in [4.78, 5) is 0. The fourth-order valence-electron chi connectivity index (χ4n) is 0.771. The minimum Gasteiger partial charge on any atom is -0.506 e. The molecule has 0 bridgehead atoms. The Morgan fingerprint density at radius 2 is 2.07 bits per heavy atom. The first-order valence-electron chi connectivity index (χ1n) is 3.28. The van der Waals surface area contributed by atoms with Crippen molar-refractivity contribution in [3.05, 3.63) is 23.0 Å². The summed E-state index contributed by atoms with van der Waals surface area (Å²) in [5, 5.41) is 13.4. The first-order valence-corrected chi connectivity index (χ1v) is 5.20. The van der Waals surface area contributed by atoms with Gasteiger partial charge < -0.3 is 5.11 Å². The summed E-state index contributed by atoms with van der Waals surface area (Å²) < 4.78 is 35.6. The highest BCUT2D eigenvalue weighted by atomic mass is 35.5. The van der Waals surface area contributed by atoms with Crippen molar-refractivity contribution >= 4 is 27.5 Å². The van der Waals surface area contributed by atoms with Gasteiger partial charge in [0.05, 0.1) is 10.7 Å². The molecule has 4 N–H and O–H groups in total. The number of anilines is 1. The molecule has 1 aromatic rings. The molecule has 0 aliphatic rings. The van der Waals surface area contributed by atoms with Gasteiger partial charge in [-0.25, -0.2) is 9.53 Å². The lowest BCUT2D eigenvalue weighted by atomic mass is 10.3. The van der Waals surface area contributed by atoms with Gasteiger partial charge in [-0.1, -0.05) is 11.6 Å². The van der Waals surface area contributed by atoms with Crippen molar-refractivity contribution in [3.8, 4) is 5.75 Å². The molecule has 5 nitrogen and oxygen atoms in total. The van der Waals surface area contributed by atoms with E-state index in [9.17, 15) is 12.8 Å². The largest absolute Gasteiger partial charge is 0.506 e. The van der Waals surface area contributed by atoms with Gasteiger partial charge in [0.2, 0.25) is 0 Å². The van der Waals surface area contributed by atoms with E-state index in [-0.39, 0.29) is 10.7 Å². The van der Waals surface area contributed by atoms with Crippen LogP contribution in [0.2, 0.25) is 5.02 Å². The molecule has 0 radical (unpaired) electrons. The van der Waals surface area contributed by atoms with Gasteiger partial charge in [0.25, 0.3) is 10.2 Å². The first-order chi connectivity index (χ1) is 6.29. The molecule has 0 fully saturated rings. The molecular formula is C6H6ClFN2O3S. The Hall–Kier alpha value is -1.05. The quantitative estimate of drug-likeness (QED) is 0.668. The van der Waals surface area contributed by atoms with Gasteiger partial charge in [-0.05, 0) is 6.07 Å². The van der Waals surface area contributed by atoms with Crippen molar-refractivity contribution in [3.63, 3.8) is 0 Å². The molecule has 0 heterocycles. The Labute approximate surface area is 84.5 Å². The van der Waals surface area contributed by atoms with Crippen molar-refractivity contribution in [1.82, 2.24) is 0 Å².